The third kappa shape index (κ3) is 7.86. The van der Waals surface area contributed by atoms with Crippen molar-refractivity contribution >= 4 is 51.3 Å². The number of nitrogens with two attached hydrogens (primary N) is 1. The lowest BCUT2D eigenvalue weighted by Gasteiger charge is -2.39. The Balaban J connectivity index is 1.75. The summed E-state index contributed by atoms with van der Waals surface area (Å²) in [5, 5.41) is 7.15. The number of hydrogen-bond donors (Lipinski definition) is 1. The number of halogens is 7. The van der Waals surface area contributed by atoms with Crippen molar-refractivity contribution in [1.29, 1.82) is 0 Å². The van der Waals surface area contributed by atoms with Crippen LogP contribution in [-0.2, 0) is 30.1 Å². The molecule has 1 unspecified atom stereocenters. The van der Waals surface area contributed by atoms with Gasteiger partial charge in [0.15, 0.2) is 0 Å². The Morgan fingerprint density at radius 3 is 2.10 bits per heavy atom. The summed E-state index contributed by atoms with van der Waals surface area (Å²) in [5.41, 5.74) is 0.707. The maximum Gasteiger partial charge on any atom is 0.416 e. The topological polar surface area (TPSA) is 139 Å². The molecule has 1 aromatic heterocycles. The van der Waals surface area contributed by atoms with Crippen LogP contribution in [0.3, 0.4) is 0 Å². The van der Waals surface area contributed by atoms with E-state index in [-0.39, 0.29) is 29.5 Å². The summed E-state index contributed by atoms with van der Waals surface area (Å²) < 4.78 is 94.1. The molecule has 0 radical (unpaired) electrons. The van der Waals surface area contributed by atoms with Crippen molar-refractivity contribution in [2.75, 3.05) is 16.9 Å². The van der Waals surface area contributed by atoms with E-state index in [4.69, 9.17) is 5.73 Å². The third-order valence-electron chi connectivity index (χ3n) is 7.15. The van der Waals surface area contributed by atoms with E-state index in [1.54, 1.807) is 45.0 Å². The van der Waals surface area contributed by atoms with Crippen molar-refractivity contribution in [2.45, 2.75) is 45.2 Å². The summed E-state index contributed by atoms with van der Waals surface area (Å²) in [6, 6.07) is 9.98. The molecule has 1 atom stereocenters. The van der Waals surface area contributed by atoms with E-state index in [1.165, 1.54) is 23.3 Å². The minimum atomic E-state index is -5.13. The number of amides is 2. The van der Waals surface area contributed by atoms with Crippen molar-refractivity contribution in [2.24, 2.45) is 5.73 Å². The van der Waals surface area contributed by atoms with Crippen LogP contribution in [0.5, 0.6) is 0 Å². The molecule has 3 aromatic carbocycles. The number of anilines is 1. The first-order valence-electron chi connectivity index (χ1n) is 13.8. The van der Waals surface area contributed by atoms with Gasteiger partial charge >= 0.3 is 18.0 Å². The van der Waals surface area contributed by atoms with E-state index in [0.717, 1.165) is 4.68 Å². The van der Waals surface area contributed by atoms with E-state index in [1.807, 2.05) is 22.6 Å². The van der Waals surface area contributed by atoms with Gasteiger partial charge in [-0.25, -0.2) is 4.79 Å². The van der Waals surface area contributed by atoms with Crippen LogP contribution in [0.2, 0.25) is 0 Å². The SMILES string of the molecule is Cc1cc(Cn2nnn(-c3cc(C(F)(F)F)cc(C(F)(F)F)c3)c2=O)ccc1N(C(=O)c1c(I)cccc1C(N)=O)C(C)(C)C[S+](C)[O-]. The normalized spacial score (nSPS) is 13.0. The highest BCUT2D eigenvalue weighted by molar-refractivity contribution is 14.1. The van der Waals surface area contributed by atoms with Crippen molar-refractivity contribution < 1.29 is 40.5 Å². The average Bonchev–Trinajstić information content (AvgIpc) is 3.31. The van der Waals surface area contributed by atoms with Gasteiger partial charge in [-0.05, 0) is 101 Å². The van der Waals surface area contributed by atoms with Crippen LogP contribution >= 0.6 is 22.6 Å². The van der Waals surface area contributed by atoms with Gasteiger partial charge in [-0.3, -0.25) is 14.5 Å². The fraction of sp³-hybridized carbons (Fsp3) is 0.300. The van der Waals surface area contributed by atoms with Crippen LogP contribution in [0.25, 0.3) is 5.69 Å². The molecule has 0 bridgehead atoms. The highest BCUT2D eigenvalue weighted by atomic mass is 127. The van der Waals surface area contributed by atoms with E-state index in [2.05, 4.69) is 10.4 Å². The summed E-state index contributed by atoms with van der Waals surface area (Å²) in [6.07, 6.45) is -8.79. The monoisotopic (exact) mass is 808 g/mol. The maximum atomic E-state index is 14.2. The van der Waals surface area contributed by atoms with Gasteiger partial charge in [0.05, 0.1) is 46.3 Å². The van der Waals surface area contributed by atoms with E-state index < -0.39 is 63.4 Å². The van der Waals surface area contributed by atoms with Gasteiger partial charge in [0.25, 0.3) is 5.91 Å². The van der Waals surface area contributed by atoms with Gasteiger partial charge in [-0.1, -0.05) is 29.4 Å². The second-order valence-electron chi connectivity index (χ2n) is 11.4. The first-order chi connectivity index (χ1) is 22.1. The first-order valence-corrected chi connectivity index (χ1v) is 16.6. The molecule has 4 rings (SSSR count). The molecule has 4 aromatic rings. The number of aromatic nitrogens is 4. The Morgan fingerprint density at radius 1 is 0.979 bits per heavy atom. The lowest BCUT2D eigenvalue weighted by molar-refractivity contribution is -0.143. The lowest BCUT2D eigenvalue weighted by atomic mass is 9.97. The molecule has 0 spiro atoms. The van der Waals surface area contributed by atoms with Gasteiger partial charge in [-0.15, -0.1) is 0 Å². The standard InChI is InChI=1S/C30H27F6IN6O4S/c1-16-10-17(14-41-27(46)43(40-39-41)20-12-18(29(31,32)33)11-19(13-20)30(34,35)36)8-9-23(16)42(28(2,3)15-48(4)47)26(45)24-21(25(38)44)6-5-7-22(24)37/h5-13H,14-15H2,1-4H3,(H2,38,44). The van der Waals surface area contributed by atoms with Crippen LogP contribution in [-0.4, -0.2) is 53.7 Å². The molecule has 2 N–H and O–H groups in total. The van der Waals surface area contributed by atoms with Crippen molar-refractivity contribution in [3.63, 3.8) is 0 Å². The Kier molecular flexibility index (Phi) is 10.4. The number of rotatable bonds is 9. The second kappa shape index (κ2) is 13.5. The molecule has 1 heterocycles. The number of aryl methyl sites for hydroxylation is 1. The minimum Gasteiger partial charge on any atom is -0.616 e. The second-order valence-corrected chi connectivity index (χ2v) is 14.0. The Labute approximate surface area is 286 Å². The predicted molar refractivity (Wildman–Crippen MR) is 173 cm³/mol. The zero-order valence-electron chi connectivity index (χ0n) is 25.6. The molecular formula is C30H27F6IN6O4S. The molecular weight excluding hydrogens is 781 g/mol. The Bertz CT molecular complexity index is 1910. The van der Waals surface area contributed by atoms with Crippen LogP contribution in [0.1, 0.15) is 56.8 Å². The maximum absolute atomic E-state index is 14.2. The fourth-order valence-corrected chi connectivity index (χ4v) is 7.02. The van der Waals surface area contributed by atoms with Gasteiger partial charge in [-0.2, -0.15) is 35.7 Å². The summed E-state index contributed by atoms with van der Waals surface area (Å²) >= 11 is 0.557. The zero-order chi connectivity index (χ0) is 35.9. The molecule has 0 aliphatic rings. The highest BCUT2D eigenvalue weighted by Gasteiger charge is 2.39. The summed E-state index contributed by atoms with van der Waals surface area (Å²) in [6.45, 7) is 4.78. The smallest absolute Gasteiger partial charge is 0.416 e. The molecule has 0 saturated heterocycles. The zero-order valence-corrected chi connectivity index (χ0v) is 28.6. The number of benzene rings is 3. The molecule has 0 saturated carbocycles. The lowest BCUT2D eigenvalue weighted by Crippen LogP contribution is -2.53. The van der Waals surface area contributed by atoms with Gasteiger partial charge in [0.2, 0.25) is 5.91 Å². The molecule has 0 aliphatic heterocycles. The molecule has 18 heteroatoms. The third-order valence-corrected chi connectivity index (χ3v) is 9.16. The number of nitrogens with zero attached hydrogens (tertiary/aromatic N) is 5. The Hall–Kier alpha value is -3.91. The van der Waals surface area contributed by atoms with Crippen molar-refractivity contribution in [1.82, 2.24) is 19.8 Å². The van der Waals surface area contributed by atoms with E-state index in [0.29, 0.717) is 37.2 Å². The number of carbonyl (C=O) groups is 2. The van der Waals surface area contributed by atoms with Crippen molar-refractivity contribution in [3.8, 4) is 5.69 Å². The highest BCUT2D eigenvalue weighted by Crippen LogP contribution is 2.37. The van der Waals surface area contributed by atoms with Crippen LogP contribution in [0, 0.1) is 10.5 Å². The number of hydrogen-bond acceptors (Lipinski definition) is 6. The van der Waals surface area contributed by atoms with Crippen LogP contribution < -0.4 is 16.3 Å². The molecule has 48 heavy (non-hydrogen) atoms. The number of carbonyl (C=O) groups excluding carboxylic acids is 2. The van der Waals surface area contributed by atoms with E-state index >= 15 is 0 Å². The van der Waals surface area contributed by atoms with Gasteiger partial charge in [0, 0.05) is 9.26 Å². The molecule has 256 valence electrons. The fourth-order valence-electron chi connectivity index (χ4n) is 5.17. The van der Waals surface area contributed by atoms with Gasteiger partial charge in [0.1, 0.15) is 5.75 Å². The predicted octanol–water partition coefficient (Wildman–Crippen LogP) is 5.33. The van der Waals surface area contributed by atoms with Crippen LogP contribution in [0.15, 0.2) is 59.4 Å². The molecule has 0 fully saturated rings. The summed E-state index contributed by atoms with van der Waals surface area (Å²) in [5.74, 6) is -1.35. The summed E-state index contributed by atoms with van der Waals surface area (Å²) in [4.78, 5) is 40.9. The van der Waals surface area contributed by atoms with Crippen LogP contribution in [0.4, 0.5) is 32.0 Å². The van der Waals surface area contributed by atoms with Crippen molar-refractivity contribution in [3.05, 3.63) is 102 Å². The van der Waals surface area contributed by atoms with Gasteiger partial charge < -0.3 is 10.3 Å². The van der Waals surface area contributed by atoms with E-state index in [9.17, 15) is 45.3 Å². The molecule has 2 amide bonds. The largest absolute Gasteiger partial charge is 0.616 e. The molecule has 10 nitrogen and oxygen atoms in total. The number of tetrazole rings is 1. The first kappa shape index (κ1) is 36.9. The number of alkyl halides is 6. The molecule has 0 aliphatic carbocycles. The minimum absolute atomic E-state index is 0.00909. The Morgan fingerprint density at radius 2 is 1.58 bits per heavy atom. The quantitative estimate of drug-likeness (QED) is 0.138. The average molecular weight is 809 g/mol. The number of primary amides is 1. The summed E-state index contributed by atoms with van der Waals surface area (Å²) in [7, 11) is 0.